The Balaban J connectivity index is 0.00000240. The molecular formula is C23H33ClN2O2S. The fourth-order valence-electron chi connectivity index (χ4n) is 5.15. The lowest BCUT2D eigenvalue weighted by atomic mass is 9.68. The monoisotopic (exact) mass is 436 g/mol. The number of nitrogens with zero attached hydrogens (tertiary/aromatic N) is 2. The van der Waals surface area contributed by atoms with E-state index < -0.39 is 0 Å². The van der Waals surface area contributed by atoms with Gasteiger partial charge in [-0.25, -0.2) is 0 Å². The first-order valence-corrected chi connectivity index (χ1v) is 11.4. The topological polar surface area (TPSA) is 34.6 Å². The van der Waals surface area contributed by atoms with Crippen LogP contribution < -0.4 is 4.74 Å². The molecule has 0 unspecified atom stereocenters. The van der Waals surface area contributed by atoms with E-state index in [9.17, 15) is 0 Å². The van der Waals surface area contributed by atoms with E-state index in [1.807, 2.05) is 12.3 Å². The lowest BCUT2D eigenvalue weighted by Gasteiger charge is -2.47. The van der Waals surface area contributed by atoms with Crippen LogP contribution >= 0.6 is 23.7 Å². The van der Waals surface area contributed by atoms with Gasteiger partial charge in [0.2, 0.25) is 0 Å². The molecule has 2 aromatic heterocycles. The highest BCUT2D eigenvalue weighted by Crippen LogP contribution is 2.49. The second-order valence-electron chi connectivity index (χ2n) is 8.56. The SMILES string of the molecule is COc1ccsc1CN(C)CC[C@]1(c2ccccn2)CCOC2(CCCC2)C1.Cl. The fraction of sp³-hybridized carbons (Fsp3) is 0.609. The van der Waals surface area contributed by atoms with E-state index in [1.165, 1.54) is 36.3 Å². The number of rotatable bonds is 7. The summed E-state index contributed by atoms with van der Waals surface area (Å²) in [5.74, 6) is 1.01. The van der Waals surface area contributed by atoms with Crippen molar-refractivity contribution in [2.24, 2.45) is 0 Å². The number of methoxy groups -OCH3 is 1. The summed E-state index contributed by atoms with van der Waals surface area (Å²) in [6, 6.07) is 8.46. The van der Waals surface area contributed by atoms with Crippen LogP contribution in [0.1, 0.15) is 55.5 Å². The summed E-state index contributed by atoms with van der Waals surface area (Å²) in [5.41, 5.74) is 1.47. The molecular weight excluding hydrogens is 404 g/mol. The van der Waals surface area contributed by atoms with Crippen molar-refractivity contribution < 1.29 is 9.47 Å². The Morgan fingerprint density at radius 3 is 2.76 bits per heavy atom. The minimum atomic E-state index is 0. The van der Waals surface area contributed by atoms with Gasteiger partial charge in [0.05, 0.1) is 17.6 Å². The lowest BCUT2D eigenvalue weighted by Crippen LogP contribution is -2.47. The standard InChI is InChI=1S/C23H32N2O2S.ClH/c1-25(17-20-19(26-2)8-16-28-20)14-11-22(21-7-3-6-13-24-21)12-15-27-23(18-22)9-4-5-10-23;/h3,6-8,13,16H,4-5,9-12,14-15,17-18H2,1-2H3;1H/t22-;/m0./s1. The Hall–Kier alpha value is -1.14. The highest BCUT2D eigenvalue weighted by molar-refractivity contribution is 7.10. The van der Waals surface area contributed by atoms with Gasteiger partial charge in [0, 0.05) is 30.5 Å². The summed E-state index contributed by atoms with van der Waals surface area (Å²) in [6.07, 6.45) is 10.3. The highest BCUT2D eigenvalue weighted by atomic mass is 35.5. The molecule has 6 heteroatoms. The minimum Gasteiger partial charge on any atom is -0.496 e. The van der Waals surface area contributed by atoms with E-state index >= 15 is 0 Å². The third-order valence-corrected chi connectivity index (χ3v) is 7.57. The van der Waals surface area contributed by atoms with Gasteiger partial charge in [0.1, 0.15) is 5.75 Å². The first kappa shape index (κ1) is 22.5. The van der Waals surface area contributed by atoms with Gasteiger partial charge in [0.25, 0.3) is 0 Å². The van der Waals surface area contributed by atoms with Crippen molar-refractivity contribution in [1.82, 2.24) is 9.88 Å². The van der Waals surface area contributed by atoms with Crippen LogP contribution in [-0.4, -0.2) is 42.8 Å². The Labute approximate surface area is 185 Å². The van der Waals surface area contributed by atoms with Gasteiger partial charge in [-0.1, -0.05) is 18.9 Å². The van der Waals surface area contributed by atoms with Crippen LogP contribution in [0.3, 0.4) is 0 Å². The summed E-state index contributed by atoms with van der Waals surface area (Å²) >= 11 is 1.78. The average molecular weight is 437 g/mol. The van der Waals surface area contributed by atoms with Gasteiger partial charge in [0.15, 0.2) is 0 Å². The van der Waals surface area contributed by atoms with Crippen LogP contribution in [-0.2, 0) is 16.7 Å². The molecule has 1 saturated carbocycles. The first-order valence-electron chi connectivity index (χ1n) is 10.5. The molecule has 4 rings (SSSR count). The number of ether oxygens (including phenoxy) is 2. The maximum atomic E-state index is 6.37. The number of pyridine rings is 1. The molecule has 1 aliphatic carbocycles. The maximum absolute atomic E-state index is 6.37. The van der Waals surface area contributed by atoms with E-state index in [-0.39, 0.29) is 23.4 Å². The van der Waals surface area contributed by atoms with Crippen LogP contribution in [0.5, 0.6) is 5.75 Å². The Bertz CT molecular complexity index is 763. The van der Waals surface area contributed by atoms with E-state index in [2.05, 4.69) is 35.5 Å². The van der Waals surface area contributed by atoms with Crippen LogP contribution in [0.15, 0.2) is 35.8 Å². The molecule has 0 aromatic carbocycles. The summed E-state index contributed by atoms with van der Waals surface area (Å²) in [4.78, 5) is 8.55. The molecule has 3 heterocycles. The second kappa shape index (κ2) is 9.78. The van der Waals surface area contributed by atoms with Crippen molar-refractivity contribution in [2.75, 3.05) is 27.3 Å². The van der Waals surface area contributed by atoms with Crippen molar-refractivity contribution in [2.45, 2.75) is 62.5 Å². The molecule has 4 nitrogen and oxygen atoms in total. The lowest BCUT2D eigenvalue weighted by molar-refractivity contribution is -0.105. The van der Waals surface area contributed by atoms with E-state index in [4.69, 9.17) is 14.5 Å². The second-order valence-corrected chi connectivity index (χ2v) is 9.56. The largest absolute Gasteiger partial charge is 0.496 e. The summed E-state index contributed by atoms with van der Waals surface area (Å²) in [6.45, 7) is 2.84. The normalized spacial score (nSPS) is 23.3. The quantitative estimate of drug-likeness (QED) is 0.577. The van der Waals surface area contributed by atoms with Gasteiger partial charge in [-0.2, -0.15) is 0 Å². The van der Waals surface area contributed by atoms with Crippen LogP contribution in [0.2, 0.25) is 0 Å². The summed E-state index contributed by atoms with van der Waals surface area (Å²) in [5, 5.41) is 2.11. The van der Waals surface area contributed by atoms with Crippen LogP contribution in [0.25, 0.3) is 0 Å². The van der Waals surface area contributed by atoms with E-state index in [0.717, 1.165) is 44.7 Å². The molecule has 0 bridgehead atoms. The third kappa shape index (κ3) is 4.96. The predicted molar refractivity (Wildman–Crippen MR) is 121 cm³/mol. The van der Waals surface area contributed by atoms with Gasteiger partial charge in [-0.15, -0.1) is 23.7 Å². The average Bonchev–Trinajstić information content (AvgIpc) is 3.36. The minimum absolute atomic E-state index is 0. The van der Waals surface area contributed by atoms with Crippen molar-refractivity contribution in [3.05, 3.63) is 46.4 Å². The molecule has 0 amide bonds. The third-order valence-electron chi connectivity index (χ3n) is 6.68. The molecule has 2 fully saturated rings. The van der Waals surface area contributed by atoms with Crippen molar-refractivity contribution in [3.63, 3.8) is 0 Å². The molecule has 0 radical (unpaired) electrons. The molecule has 160 valence electrons. The fourth-order valence-corrected chi connectivity index (χ4v) is 6.07. The zero-order valence-corrected chi connectivity index (χ0v) is 19.2. The number of hydrogen-bond acceptors (Lipinski definition) is 5. The molecule has 1 aliphatic heterocycles. The first-order chi connectivity index (χ1) is 13.6. The Morgan fingerprint density at radius 1 is 1.21 bits per heavy atom. The van der Waals surface area contributed by atoms with Crippen LogP contribution in [0.4, 0.5) is 0 Å². The zero-order valence-electron chi connectivity index (χ0n) is 17.6. The van der Waals surface area contributed by atoms with Crippen LogP contribution in [0, 0.1) is 0 Å². The zero-order chi connectivity index (χ0) is 19.5. The molecule has 1 atom stereocenters. The number of thiophene rings is 1. The van der Waals surface area contributed by atoms with E-state index in [0.29, 0.717) is 0 Å². The predicted octanol–water partition coefficient (Wildman–Crippen LogP) is 5.46. The maximum Gasteiger partial charge on any atom is 0.134 e. The molecule has 0 N–H and O–H groups in total. The molecule has 29 heavy (non-hydrogen) atoms. The van der Waals surface area contributed by atoms with E-state index in [1.54, 1.807) is 18.4 Å². The van der Waals surface area contributed by atoms with Gasteiger partial charge >= 0.3 is 0 Å². The van der Waals surface area contributed by atoms with Gasteiger partial charge in [-0.05, 0) is 69.3 Å². The Morgan fingerprint density at radius 2 is 2.03 bits per heavy atom. The molecule has 1 spiro atoms. The Kier molecular flexibility index (Phi) is 7.60. The van der Waals surface area contributed by atoms with Gasteiger partial charge in [-0.3, -0.25) is 4.98 Å². The smallest absolute Gasteiger partial charge is 0.134 e. The summed E-state index contributed by atoms with van der Waals surface area (Å²) < 4.78 is 11.9. The van der Waals surface area contributed by atoms with Crippen molar-refractivity contribution in [1.29, 1.82) is 0 Å². The number of halogens is 1. The van der Waals surface area contributed by atoms with Gasteiger partial charge < -0.3 is 14.4 Å². The van der Waals surface area contributed by atoms with Crippen molar-refractivity contribution in [3.8, 4) is 5.75 Å². The molecule has 2 aromatic rings. The summed E-state index contributed by atoms with van der Waals surface area (Å²) in [7, 11) is 3.97. The number of aromatic nitrogens is 1. The van der Waals surface area contributed by atoms with Crippen molar-refractivity contribution >= 4 is 23.7 Å². The highest BCUT2D eigenvalue weighted by Gasteiger charge is 2.48. The molecule has 2 aliphatic rings. The molecule has 1 saturated heterocycles. The number of hydrogen-bond donors (Lipinski definition) is 0.